The Kier molecular flexibility index (Phi) is 5.02. The summed E-state index contributed by atoms with van der Waals surface area (Å²) >= 11 is 0. The van der Waals surface area contributed by atoms with Crippen LogP contribution in [0.4, 0.5) is 5.82 Å². The summed E-state index contributed by atoms with van der Waals surface area (Å²) in [5.74, 6) is 1.77. The molecule has 2 heterocycles. The van der Waals surface area contributed by atoms with E-state index in [4.69, 9.17) is 4.74 Å². The number of aromatic amines is 1. The molecule has 2 aromatic carbocycles. The van der Waals surface area contributed by atoms with Crippen LogP contribution >= 0.6 is 0 Å². The molecule has 6 heteroatoms. The molecule has 1 aliphatic rings. The standard InChI is InChI=1S/C22H24N4O2/c1-16-14-18(28-2)8-9-19(16)22(27)26-12-10-25(11-13-26)21-15-20(23-24-21)17-6-4-3-5-7-17/h3-9,14-15H,10-13H2,1-2H3,(H,23,24). The predicted octanol–water partition coefficient (Wildman–Crippen LogP) is 3.36. The maximum absolute atomic E-state index is 12.9. The number of anilines is 1. The van der Waals surface area contributed by atoms with Gasteiger partial charge in [0.1, 0.15) is 5.75 Å². The van der Waals surface area contributed by atoms with E-state index < -0.39 is 0 Å². The molecule has 6 nitrogen and oxygen atoms in total. The molecular formula is C22H24N4O2. The van der Waals surface area contributed by atoms with E-state index in [1.165, 1.54) is 0 Å². The minimum absolute atomic E-state index is 0.0757. The minimum atomic E-state index is 0.0757. The van der Waals surface area contributed by atoms with Crippen LogP contribution in [0.15, 0.2) is 54.6 Å². The third kappa shape index (κ3) is 3.58. The Balaban J connectivity index is 1.41. The molecule has 28 heavy (non-hydrogen) atoms. The van der Waals surface area contributed by atoms with Crippen molar-refractivity contribution < 1.29 is 9.53 Å². The summed E-state index contributed by atoms with van der Waals surface area (Å²) < 4.78 is 5.23. The van der Waals surface area contributed by atoms with E-state index in [2.05, 4.69) is 33.3 Å². The molecule has 0 unspecified atom stereocenters. The lowest BCUT2D eigenvalue weighted by atomic mass is 10.1. The molecule has 0 bridgehead atoms. The second-order valence-corrected chi connectivity index (χ2v) is 6.97. The molecule has 1 fully saturated rings. The van der Waals surface area contributed by atoms with Crippen molar-refractivity contribution in [3.63, 3.8) is 0 Å². The summed E-state index contributed by atoms with van der Waals surface area (Å²) in [4.78, 5) is 17.0. The highest BCUT2D eigenvalue weighted by atomic mass is 16.5. The molecule has 1 aliphatic heterocycles. The van der Waals surface area contributed by atoms with Gasteiger partial charge in [-0.05, 0) is 36.2 Å². The molecule has 1 aromatic heterocycles. The molecule has 0 atom stereocenters. The van der Waals surface area contributed by atoms with Crippen LogP contribution < -0.4 is 9.64 Å². The number of rotatable bonds is 4. The van der Waals surface area contributed by atoms with E-state index in [1.54, 1.807) is 7.11 Å². The van der Waals surface area contributed by atoms with Crippen molar-refractivity contribution in [1.82, 2.24) is 15.1 Å². The van der Waals surface area contributed by atoms with Crippen molar-refractivity contribution in [2.45, 2.75) is 6.92 Å². The summed E-state index contributed by atoms with van der Waals surface area (Å²) in [6.07, 6.45) is 0. The predicted molar refractivity (Wildman–Crippen MR) is 110 cm³/mol. The smallest absolute Gasteiger partial charge is 0.254 e. The van der Waals surface area contributed by atoms with Gasteiger partial charge in [0.2, 0.25) is 0 Å². The zero-order chi connectivity index (χ0) is 19.5. The first kappa shape index (κ1) is 18.1. The lowest BCUT2D eigenvalue weighted by Crippen LogP contribution is -2.49. The number of methoxy groups -OCH3 is 1. The number of aryl methyl sites for hydroxylation is 1. The number of nitrogens with one attached hydrogen (secondary N) is 1. The Morgan fingerprint density at radius 3 is 2.46 bits per heavy atom. The van der Waals surface area contributed by atoms with Gasteiger partial charge >= 0.3 is 0 Å². The zero-order valence-corrected chi connectivity index (χ0v) is 16.2. The molecule has 0 saturated carbocycles. The van der Waals surface area contributed by atoms with Gasteiger partial charge in [0.25, 0.3) is 5.91 Å². The molecule has 1 saturated heterocycles. The fourth-order valence-electron chi connectivity index (χ4n) is 3.55. The highest BCUT2D eigenvalue weighted by Crippen LogP contribution is 2.23. The molecule has 4 rings (SSSR count). The van der Waals surface area contributed by atoms with Gasteiger partial charge in [-0.2, -0.15) is 5.10 Å². The molecule has 3 aromatic rings. The third-order valence-corrected chi connectivity index (χ3v) is 5.20. The average molecular weight is 376 g/mol. The number of hydrogen-bond acceptors (Lipinski definition) is 4. The fraction of sp³-hybridized carbons (Fsp3) is 0.273. The Hall–Kier alpha value is -3.28. The van der Waals surface area contributed by atoms with Crippen LogP contribution in [0.1, 0.15) is 15.9 Å². The van der Waals surface area contributed by atoms with Gasteiger partial charge in [0.15, 0.2) is 5.82 Å². The quantitative estimate of drug-likeness (QED) is 0.759. The van der Waals surface area contributed by atoms with Crippen LogP contribution in [0.2, 0.25) is 0 Å². The SMILES string of the molecule is COc1ccc(C(=O)N2CCN(c3cc(-c4ccccc4)[nH]n3)CC2)c(C)c1. The number of aromatic nitrogens is 2. The van der Waals surface area contributed by atoms with E-state index in [0.29, 0.717) is 13.1 Å². The van der Waals surface area contributed by atoms with Crippen molar-refractivity contribution in [2.75, 3.05) is 38.2 Å². The topological polar surface area (TPSA) is 61.5 Å². The summed E-state index contributed by atoms with van der Waals surface area (Å²) in [5, 5.41) is 7.57. The molecule has 0 aliphatic carbocycles. The van der Waals surface area contributed by atoms with Gasteiger partial charge in [-0.1, -0.05) is 30.3 Å². The number of ether oxygens (including phenoxy) is 1. The summed E-state index contributed by atoms with van der Waals surface area (Å²) in [7, 11) is 1.63. The summed E-state index contributed by atoms with van der Waals surface area (Å²) in [5.41, 5.74) is 3.79. The molecule has 1 amide bonds. The van der Waals surface area contributed by atoms with Crippen LogP contribution in [-0.4, -0.2) is 54.3 Å². The van der Waals surface area contributed by atoms with Gasteiger partial charge < -0.3 is 14.5 Å². The number of carbonyl (C=O) groups is 1. The average Bonchev–Trinajstić information content (AvgIpc) is 3.24. The van der Waals surface area contributed by atoms with Crippen LogP contribution in [-0.2, 0) is 0 Å². The van der Waals surface area contributed by atoms with E-state index in [-0.39, 0.29) is 5.91 Å². The number of benzene rings is 2. The van der Waals surface area contributed by atoms with Crippen LogP contribution in [0.3, 0.4) is 0 Å². The van der Waals surface area contributed by atoms with Gasteiger partial charge in [-0.25, -0.2) is 0 Å². The van der Waals surface area contributed by atoms with E-state index in [1.807, 2.05) is 48.2 Å². The van der Waals surface area contributed by atoms with Crippen molar-refractivity contribution >= 4 is 11.7 Å². The number of amides is 1. The Morgan fingerprint density at radius 2 is 1.79 bits per heavy atom. The Bertz CT molecular complexity index is 960. The Morgan fingerprint density at radius 1 is 1.04 bits per heavy atom. The maximum atomic E-state index is 12.9. The molecule has 0 spiro atoms. The number of H-pyrrole nitrogens is 1. The lowest BCUT2D eigenvalue weighted by Gasteiger charge is -2.35. The second kappa shape index (κ2) is 7.76. The fourth-order valence-corrected chi connectivity index (χ4v) is 3.55. The highest BCUT2D eigenvalue weighted by Gasteiger charge is 2.24. The van der Waals surface area contributed by atoms with Gasteiger partial charge in [-0.3, -0.25) is 9.89 Å². The van der Waals surface area contributed by atoms with Crippen LogP contribution in [0, 0.1) is 6.92 Å². The largest absolute Gasteiger partial charge is 0.497 e. The lowest BCUT2D eigenvalue weighted by molar-refractivity contribution is 0.0745. The maximum Gasteiger partial charge on any atom is 0.254 e. The zero-order valence-electron chi connectivity index (χ0n) is 16.2. The normalized spacial score (nSPS) is 14.2. The summed E-state index contributed by atoms with van der Waals surface area (Å²) in [6.45, 7) is 4.83. The molecular weight excluding hydrogens is 352 g/mol. The molecule has 1 N–H and O–H groups in total. The summed E-state index contributed by atoms with van der Waals surface area (Å²) in [6, 6.07) is 17.8. The third-order valence-electron chi connectivity index (χ3n) is 5.20. The van der Waals surface area contributed by atoms with Crippen molar-refractivity contribution in [3.8, 4) is 17.0 Å². The number of nitrogens with zero attached hydrogens (tertiary/aromatic N) is 3. The minimum Gasteiger partial charge on any atom is -0.497 e. The molecule has 144 valence electrons. The first-order valence-electron chi connectivity index (χ1n) is 9.45. The number of carbonyl (C=O) groups excluding carboxylic acids is 1. The van der Waals surface area contributed by atoms with Crippen LogP contribution in [0.25, 0.3) is 11.3 Å². The van der Waals surface area contributed by atoms with Crippen molar-refractivity contribution in [3.05, 3.63) is 65.7 Å². The van der Waals surface area contributed by atoms with E-state index >= 15 is 0 Å². The Labute approximate surface area is 164 Å². The van der Waals surface area contributed by atoms with Crippen LogP contribution in [0.5, 0.6) is 5.75 Å². The first-order chi connectivity index (χ1) is 13.7. The van der Waals surface area contributed by atoms with Crippen molar-refractivity contribution in [1.29, 1.82) is 0 Å². The van der Waals surface area contributed by atoms with E-state index in [9.17, 15) is 4.79 Å². The number of piperazine rings is 1. The first-order valence-corrected chi connectivity index (χ1v) is 9.45. The van der Waals surface area contributed by atoms with Gasteiger partial charge in [-0.15, -0.1) is 0 Å². The van der Waals surface area contributed by atoms with Gasteiger partial charge in [0.05, 0.1) is 12.8 Å². The monoisotopic (exact) mass is 376 g/mol. The van der Waals surface area contributed by atoms with E-state index in [0.717, 1.165) is 47.0 Å². The number of hydrogen-bond donors (Lipinski definition) is 1. The molecule has 0 radical (unpaired) electrons. The second-order valence-electron chi connectivity index (χ2n) is 6.97. The van der Waals surface area contributed by atoms with Crippen molar-refractivity contribution in [2.24, 2.45) is 0 Å². The van der Waals surface area contributed by atoms with Gasteiger partial charge in [0, 0.05) is 37.8 Å². The highest BCUT2D eigenvalue weighted by molar-refractivity contribution is 5.96.